The lowest BCUT2D eigenvalue weighted by atomic mass is 10.4. The molecule has 2 nitrogen and oxygen atoms in total. The van der Waals surface area contributed by atoms with E-state index in [1.165, 1.54) is 6.08 Å². The van der Waals surface area contributed by atoms with Gasteiger partial charge in [0.15, 0.2) is 0 Å². The molecule has 0 N–H and O–H groups in total. The summed E-state index contributed by atoms with van der Waals surface area (Å²) in [6.45, 7) is 3.25. The lowest BCUT2D eigenvalue weighted by molar-refractivity contribution is 0.159. The van der Waals surface area contributed by atoms with E-state index in [-0.39, 0.29) is 0 Å². The summed E-state index contributed by atoms with van der Waals surface area (Å²) in [6, 6.07) is 0. The minimum atomic E-state index is 0.406. The van der Waals surface area contributed by atoms with Gasteiger partial charge in [-0.15, -0.1) is 0 Å². The summed E-state index contributed by atoms with van der Waals surface area (Å²) >= 11 is 0. The highest BCUT2D eigenvalue weighted by molar-refractivity contribution is 5.44. The summed E-state index contributed by atoms with van der Waals surface area (Å²) < 4.78 is 5.00. The van der Waals surface area contributed by atoms with Crippen molar-refractivity contribution in [2.24, 2.45) is 0 Å². The molecular weight excluding hydrogens is 116 g/mol. The van der Waals surface area contributed by atoms with Crippen LogP contribution in [-0.2, 0) is 9.53 Å². The summed E-state index contributed by atoms with van der Waals surface area (Å²) in [4.78, 5) is 9.58. The Kier molecular flexibility index (Phi) is 6.92. The Balaban J connectivity index is 2.82. The first-order valence-corrected chi connectivity index (χ1v) is 3.19. The molecule has 0 fully saturated rings. The molecule has 0 atom stereocenters. The molecule has 0 aliphatic carbocycles. The molecule has 0 saturated carbocycles. The first-order valence-electron chi connectivity index (χ1n) is 3.19. The largest absolute Gasteiger partial charge is 0.377 e. The van der Waals surface area contributed by atoms with E-state index in [1.807, 2.05) is 0 Å². The molecule has 0 saturated heterocycles. The van der Waals surface area contributed by atoms with E-state index in [0.717, 1.165) is 19.4 Å². The number of carbonyl (C=O) groups excluding carboxylic acids is 1. The molecule has 0 amide bonds. The van der Waals surface area contributed by atoms with Gasteiger partial charge in [-0.2, -0.15) is 0 Å². The Morgan fingerprint density at radius 3 is 3.00 bits per heavy atom. The van der Waals surface area contributed by atoms with Gasteiger partial charge in [-0.3, -0.25) is 0 Å². The molecule has 2 heteroatoms. The first kappa shape index (κ1) is 8.41. The zero-order valence-electron chi connectivity index (χ0n) is 5.72. The van der Waals surface area contributed by atoms with Gasteiger partial charge in [0.25, 0.3) is 0 Å². The molecule has 0 unspecified atom stereocenters. The molecule has 0 aromatic heterocycles. The van der Waals surface area contributed by atoms with Crippen LogP contribution in [0.5, 0.6) is 0 Å². The van der Waals surface area contributed by atoms with Gasteiger partial charge in [0.05, 0.1) is 6.61 Å². The normalized spacial score (nSPS) is 8.56. The van der Waals surface area contributed by atoms with Crippen molar-refractivity contribution in [3.05, 3.63) is 6.08 Å². The molecule has 0 bridgehead atoms. The third kappa shape index (κ3) is 7.41. The number of ether oxygens (including phenoxy) is 1. The molecule has 0 aromatic carbocycles. The van der Waals surface area contributed by atoms with E-state index in [2.05, 4.69) is 6.92 Å². The zero-order chi connectivity index (χ0) is 6.95. The third-order valence-electron chi connectivity index (χ3n) is 0.927. The summed E-state index contributed by atoms with van der Waals surface area (Å²) in [5.41, 5.74) is 0. The zero-order valence-corrected chi connectivity index (χ0v) is 5.72. The molecule has 9 heavy (non-hydrogen) atoms. The fourth-order valence-corrected chi connectivity index (χ4v) is 0.423. The van der Waals surface area contributed by atoms with E-state index < -0.39 is 0 Å². The van der Waals surface area contributed by atoms with Crippen molar-refractivity contribution >= 4 is 5.94 Å². The SMILES string of the molecule is CCCCOCC=C=O. The monoisotopic (exact) mass is 128 g/mol. The fraction of sp³-hybridized carbons (Fsp3) is 0.714. The van der Waals surface area contributed by atoms with Gasteiger partial charge in [-0.1, -0.05) is 13.3 Å². The van der Waals surface area contributed by atoms with Crippen LogP contribution in [0.25, 0.3) is 0 Å². The van der Waals surface area contributed by atoms with Crippen LogP contribution in [0.1, 0.15) is 19.8 Å². The number of hydrogen-bond acceptors (Lipinski definition) is 2. The Morgan fingerprint density at radius 1 is 1.67 bits per heavy atom. The quantitative estimate of drug-likeness (QED) is 0.410. The van der Waals surface area contributed by atoms with Gasteiger partial charge in [0.1, 0.15) is 5.94 Å². The van der Waals surface area contributed by atoms with Gasteiger partial charge in [-0.05, 0) is 6.42 Å². The highest BCUT2D eigenvalue weighted by Crippen LogP contribution is 1.86. The number of unbranched alkanes of at least 4 members (excludes halogenated alkanes) is 1. The van der Waals surface area contributed by atoms with Crippen LogP contribution >= 0.6 is 0 Å². The second kappa shape index (κ2) is 7.41. The molecule has 0 rings (SSSR count). The fourth-order valence-electron chi connectivity index (χ4n) is 0.423. The number of hydrogen-bond donors (Lipinski definition) is 0. The highest BCUT2D eigenvalue weighted by atomic mass is 16.5. The van der Waals surface area contributed by atoms with Gasteiger partial charge >= 0.3 is 0 Å². The highest BCUT2D eigenvalue weighted by Gasteiger charge is 1.81. The molecule has 0 aromatic rings. The van der Waals surface area contributed by atoms with Crippen molar-refractivity contribution in [1.82, 2.24) is 0 Å². The summed E-state index contributed by atoms with van der Waals surface area (Å²) in [7, 11) is 0. The summed E-state index contributed by atoms with van der Waals surface area (Å²) in [5, 5.41) is 0. The maximum Gasteiger partial charge on any atom is 0.122 e. The topological polar surface area (TPSA) is 26.3 Å². The van der Waals surface area contributed by atoms with Gasteiger partial charge in [-0.25, -0.2) is 4.79 Å². The molecule has 0 radical (unpaired) electrons. The lowest BCUT2D eigenvalue weighted by Gasteiger charge is -1.95. The smallest absolute Gasteiger partial charge is 0.122 e. The van der Waals surface area contributed by atoms with Crippen LogP contribution in [0.3, 0.4) is 0 Å². The Labute approximate surface area is 55.5 Å². The van der Waals surface area contributed by atoms with E-state index in [9.17, 15) is 4.79 Å². The first-order chi connectivity index (χ1) is 4.41. The molecule has 0 aliphatic heterocycles. The molecule has 0 spiro atoms. The van der Waals surface area contributed by atoms with Crippen LogP contribution in [0, 0.1) is 0 Å². The summed E-state index contributed by atoms with van der Waals surface area (Å²) in [6.07, 6.45) is 3.53. The lowest BCUT2D eigenvalue weighted by Crippen LogP contribution is -1.92. The van der Waals surface area contributed by atoms with Crippen molar-refractivity contribution in [1.29, 1.82) is 0 Å². The molecule has 0 aliphatic rings. The second-order valence-electron chi connectivity index (χ2n) is 1.75. The number of rotatable bonds is 5. The summed E-state index contributed by atoms with van der Waals surface area (Å²) in [5.74, 6) is 1.64. The maximum absolute atomic E-state index is 9.58. The van der Waals surface area contributed by atoms with Gasteiger partial charge < -0.3 is 4.74 Å². The predicted octanol–water partition coefficient (Wildman–Crippen LogP) is 1.19. The van der Waals surface area contributed by atoms with Crippen molar-refractivity contribution < 1.29 is 9.53 Å². The van der Waals surface area contributed by atoms with Crippen molar-refractivity contribution in [2.75, 3.05) is 13.2 Å². The average molecular weight is 128 g/mol. The molecule has 0 heterocycles. The van der Waals surface area contributed by atoms with Crippen LogP contribution in [0.2, 0.25) is 0 Å². The van der Waals surface area contributed by atoms with Crippen molar-refractivity contribution in [2.45, 2.75) is 19.8 Å². The minimum absolute atomic E-state index is 0.406. The second-order valence-corrected chi connectivity index (χ2v) is 1.75. The van der Waals surface area contributed by atoms with Crippen LogP contribution in [-0.4, -0.2) is 19.2 Å². The van der Waals surface area contributed by atoms with Crippen molar-refractivity contribution in [3.8, 4) is 0 Å². The molecule has 52 valence electrons. The maximum atomic E-state index is 9.58. The Bertz CT molecular complexity index is 93.1. The van der Waals surface area contributed by atoms with Crippen molar-refractivity contribution in [3.63, 3.8) is 0 Å². The van der Waals surface area contributed by atoms with Crippen LogP contribution in [0.4, 0.5) is 0 Å². The predicted molar refractivity (Wildman–Crippen MR) is 36.0 cm³/mol. The van der Waals surface area contributed by atoms with E-state index in [1.54, 1.807) is 5.94 Å². The molecular formula is C7H12O2. The van der Waals surface area contributed by atoms with Crippen LogP contribution < -0.4 is 0 Å². The third-order valence-corrected chi connectivity index (χ3v) is 0.927. The van der Waals surface area contributed by atoms with Gasteiger partial charge in [0, 0.05) is 12.7 Å². The van der Waals surface area contributed by atoms with Crippen LogP contribution in [0.15, 0.2) is 6.08 Å². The van der Waals surface area contributed by atoms with E-state index in [0.29, 0.717) is 6.61 Å². The Morgan fingerprint density at radius 2 is 2.44 bits per heavy atom. The average Bonchev–Trinajstić information content (AvgIpc) is 1.89. The van der Waals surface area contributed by atoms with E-state index in [4.69, 9.17) is 4.74 Å². The van der Waals surface area contributed by atoms with E-state index >= 15 is 0 Å². The Hall–Kier alpha value is -0.590. The standard InChI is InChI=1S/C7H12O2/c1-2-3-6-9-7-4-5-8/h4H,2-3,6-7H2,1H3. The minimum Gasteiger partial charge on any atom is -0.377 e. The van der Waals surface area contributed by atoms with Gasteiger partial charge in [0.2, 0.25) is 0 Å².